The molecule has 0 aromatic carbocycles. The number of nitrogens with one attached hydrogen (secondary N) is 1. The molecule has 2 heterocycles. The smallest absolute Gasteiger partial charge is 0.157 e. The van der Waals surface area contributed by atoms with Crippen molar-refractivity contribution in [3.63, 3.8) is 0 Å². The molecule has 1 fully saturated rings. The van der Waals surface area contributed by atoms with Gasteiger partial charge in [-0.05, 0) is 13.0 Å². The second-order valence-electron chi connectivity index (χ2n) is 6.17. The molecule has 0 unspecified atom stereocenters. The predicted molar refractivity (Wildman–Crippen MR) is 103 cm³/mol. The highest BCUT2D eigenvalue weighted by Crippen LogP contribution is 2.25. The summed E-state index contributed by atoms with van der Waals surface area (Å²) >= 11 is 0. The molecule has 2 rings (SSSR count). The Hall–Kier alpha value is -1.68. The quantitative estimate of drug-likeness (QED) is 0.505. The van der Waals surface area contributed by atoms with Crippen LogP contribution in [-0.4, -0.2) is 94.8 Å². The van der Waals surface area contributed by atoms with Crippen LogP contribution in [0.1, 0.15) is 6.42 Å². The minimum absolute atomic E-state index is 0.561. The molecular weight excluding hydrogens is 336 g/mol. The van der Waals surface area contributed by atoms with Crippen molar-refractivity contribution in [1.82, 2.24) is 14.9 Å². The van der Waals surface area contributed by atoms with E-state index in [4.69, 9.17) is 19.9 Å². The summed E-state index contributed by atoms with van der Waals surface area (Å²) in [5, 5.41) is 3.34. The Labute approximate surface area is 155 Å². The lowest BCUT2D eigenvalue weighted by Gasteiger charge is -2.26. The number of rotatable bonds is 12. The third-order valence-electron chi connectivity index (χ3n) is 4.34. The van der Waals surface area contributed by atoms with Gasteiger partial charge in [-0.3, -0.25) is 4.90 Å². The molecule has 1 saturated heterocycles. The minimum atomic E-state index is 0.561. The second kappa shape index (κ2) is 11.8. The van der Waals surface area contributed by atoms with Gasteiger partial charge in [-0.25, -0.2) is 9.97 Å². The van der Waals surface area contributed by atoms with E-state index in [0.717, 1.165) is 45.8 Å². The fraction of sp³-hybridized carbons (Fsp3) is 0.765. The number of ether oxygens (including phenoxy) is 3. The molecule has 148 valence electrons. The van der Waals surface area contributed by atoms with E-state index in [1.807, 2.05) is 0 Å². The molecule has 26 heavy (non-hydrogen) atoms. The molecule has 1 aromatic heterocycles. The Morgan fingerprint density at radius 2 is 1.88 bits per heavy atom. The summed E-state index contributed by atoms with van der Waals surface area (Å²) in [4.78, 5) is 13.1. The summed E-state index contributed by atoms with van der Waals surface area (Å²) in [6.07, 6.45) is 2.57. The van der Waals surface area contributed by atoms with Crippen molar-refractivity contribution >= 4 is 17.3 Å². The Morgan fingerprint density at radius 3 is 2.54 bits per heavy atom. The van der Waals surface area contributed by atoms with Gasteiger partial charge in [-0.15, -0.1) is 0 Å². The molecule has 9 heteroatoms. The van der Waals surface area contributed by atoms with E-state index in [2.05, 4.69) is 25.1 Å². The van der Waals surface area contributed by atoms with Crippen LogP contribution in [0.4, 0.5) is 17.3 Å². The first-order valence-electron chi connectivity index (χ1n) is 9.13. The van der Waals surface area contributed by atoms with Gasteiger partial charge in [0.25, 0.3) is 0 Å². The molecule has 0 radical (unpaired) electrons. The van der Waals surface area contributed by atoms with Crippen LogP contribution >= 0.6 is 0 Å². The number of nitrogen functional groups attached to an aromatic ring is 1. The Bertz CT molecular complexity index is 505. The number of methoxy groups -OCH3 is 2. The largest absolute Gasteiger partial charge is 0.393 e. The standard InChI is InChI=1S/C17H32N6O3/c1-24-10-8-23(9-11-25-2)17-15(18)16(20-14-21-17)19-4-3-5-22-6-12-26-13-7-22/h14H,3-13,18H2,1-2H3,(H,19,20,21). The van der Waals surface area contributed by atoms with Crippen LogP contribution in [0.2, 0.25) is 0 Å². The Kier molecular flexibility index (Phi) is 9.40. The number of nitrogens with zero attached hydrogens (tertiary/aromatic N) is 4. The molecule has 9 nitrogen and oxygen atoms in total. The Morgan fingerprint density at radius 1 is 1.19 bits per heavy atom. The lowest BCUT2D eigenvalue weighted by molar-refractivity contribution is 0.0378. The zero-order valence-electron chi connectivity index (χ0n) is 15.9. The highest BCUT2D eigenvalue weighted by atomic mass is 16.5. The highest BCUT2D eigenvalue weighted by molar-refractivity contribution is 5.74. The lowest BCUT2D eigenvalue weighted by atomic mass is 10.3. The molecule has 0 atom stereocenters. The summed E-state index contributed by atoms with van der Waals surface area (Å²) in [6.45, 7) is 8.10. The SMILES string of the molecule is COCCN(CCOC)c1ncnc(NCCCN2CCOCC2)c1N. The third-order valence-corrected chi connectivity index (χ3v) is 4.34. The van der Waals surface area contributed by atoms with E-state index in [9.17, 15) is 0 Å². The lowest BCUT2D eigenvalue weighted by Crippen LogP contribution is -2.37. The van der Waals surface area contributed by atoms with Gasteiger partial charge < -0.3 is 30.2 Å². The molecule has 0 spiro atoms. The predicted octanol–water partition coefficient (Wildman–Crippen LogP) is 0.292. The van der Waals surface area contributed by atoms with E-state index in [0.29, 0.717) is 43.6 Å². The number of nitrogens with two attached hydrogens (primary N) is 1. The van der Waals surface area contributed by atoms with Gasteiger partial charge in [0.15, 0.2) is 11.6 Å². The van der Waals surface area contributed by atoms with Crippen molar-refractivity contribution in [3.05, 3.63) is 6.33 Å². The summed E-state index contributed by atoms with van der Waals surface area (Å²) in [6, 6.07) is 0. The fourth-order valence-electron chi connectivity index (χ4n) is 2.84. The minimum Gasteiger partial charge on any atom is -0.393 e. The van der Waals surface area contributed by atoms with E-state index >= 15 is 0 Å². The summed E-state index contributed by atoms with van der Waals surface area (Å²) in [7, 11) is 3.36. The van der Waals surface area contributed by atoms with Gasteiger partial charge in [-0.1, -0.05) is 0 Å². The second-order valence-corrected chi connectivity index (χ2v) is 6.17. The van der Waals surface area contributed by atoms with Crippen LogP contribution in [0.15, 0.2) is 6.33 Å². The van der Waals surface area contributed by atoms with Crippen molar-refractivity contribution in [2.24, 2.45) is 0 Å². The summed E-state index contributed by atoms with van der Waals surface area (Å²) in [5.41, 5.74) is 6.88. The molecule has 1 aliphatic rings. The number of morpholine rings is 1. The number of hydrogen-bond donors (Lipinski definition) is 2. The topological polar surface area (TPSA) is 98.0 Å². The first-order valence-corrected chi connectivity index (χ1v) is 9.13. The Balaban J connectivity index is 1.88. The first-order chi connectivity index (χ1) is 12.8. The average Bonchev–Trinajstić information content (AvgIpc) is 2.68. The van der Waals surface area contributed by atoms with E-state index in [-0.39, 0.29) is 0 Å². The van der Waals surface area contributed by atoms with Gasteiger partial charge in [0, 0.05) is 46.9 Å². The third kappa shape index (κ3) is 6.56. The maximum absolute atomic E-state index is 6.31. The van der Waals surface area contributed by atoms with Gasteiger partial charge in [0.05, 0.1) is 26.4 Å². The molecule has 0 bridgehead atoms. The van der Waals surface area contributed by atoms with Crippen LogP contribution in [0.25, 0.3) is 0 Å². The van der Waals surface area contributed by atoms with Crippen LogP contribution in [0, 0.1) is 0 Å². The van der Waals surface area contributed by atoms with Gasteiger partial charge >= 0.3 is 0 Å². The normalized spacial score (nSPS) is 15.2. The van der Waals surface area contributed by atoms with Gasteiger partial charge in [0.2, 0.25) is 0 Å². The first kappa shape index (κ1) is 20.6. The van der Waals surface area contributed by atoms with Crippen molar-refractivity contribution < 1.29 is 14.2 Å². The van der Waals surface area contributed by atoms with Crippen molar-refractivity contribution in [2.75, 3.05) is 95.9 Å². The van der Waals surface area contributed by atoms with Crippen molar-refractivity contribution in [2.45, 2.75) is 6.42 Å². The van der Waals surface area contributed by atoms with E-state index in [1.54, 1.807) is 20.5 Å². The van der Waals surface area contributed by atoms with E-state index in [1.165, 1.54) is 0 Å². The molecule has 0 aliphatic carbocycles. The maximum atomic E-state index is 6.31. The zero-order chi connectivity index (χ0) is 18.6. The van der Waals surface area contributed by atoms with Crippen molar-refractivity contribution in [3.8, 4) is 0 Å². The molecule has 1 aliphatic heterocycles. The van der Waals surface area contributed by atoms with Crippen molar-refractivity contribution in [1.29, 1.82) is 0 Å². The number of aromatic nitrogens is 2. The monoisotopic (exact) mass is 368 g/mol. The molecule has 0 saturated carbocycles. The fourth-order valence-corrected chi connectivity index (χ4v) is 2.84. The molecule has 0 amide bonds. The maximum Gasteiger partial charge on any atom is 0.157 e. The van der Waals surface area contributed by atoms with Gasteiger partial charge in [-0.2, -0.15) is 0 Å². The number of anilines is 3. The molecular formula is C17H32N6O3. The summed E-state index contributed by atoms with van der Waals surface area (Å²) in [5.74, 6) is 1.39. The summed E-state index contributed by atoms with van der Waals surface area (Å²) < 4.78 is 15.7. The highest BCUT2D eigenvalue weighted by Gasteiger charge is 2.15. The number of hydrogen-bond acceptors (Lipinski definition) is 9. The van der Waals surface area contributed by atoms with Crippen LogP contribution in [0.5, 0.6) is 0 Å². The molecule has 3 N–H and O–H groups in total. The van der Waals surface area contributed by atoms with Crippen LogP contribution in [0.3, 0.4) is 0 Å². The van der Waals surface area contributed by atoms with Gasteiger partial charge in [0.1, 0.15) is 12.0 Å². The van der Waals surface area contributed by atoms with Crippen LogP contribution in [-0.2, 0) is 14.2 Å². The average molecular weight is 368 g/mol. The van der Waals surface area contributed by atoms with Crippen LogP contribution < -0.4 is 16.0 Å². The zero-order valence-corrected chi connectivity index (χ0v) is 15.9. The molecule has 1 aromatic rings. The van der Waals surface area contributed by atoms with E-state index < -0.39 is 0 Å².